The van der Waals surface area contributed by atoms with Crippen LogP contribution in [0.4, 0.5) is 0 Å². The quantitative estimate of drug-likeness (QED) is 0.410. The van der Waals surface area contributed by atoms with Crippen LogP contribution >= 0.6 is 0 Å². The van der Waals surface area contributed by atoms with Crippen LogP contribution in [0.2, 0.25) is 0 Å². The molecule has 1 amide bonds. The van der Waals surface area contributed by atoms with Crippen LogP contribution in [0.15, 0.2) is 75.9 Å². The highest BCUT2D eigenvalue weighted by molar-refractivity contribution is 5.86. The molecule has 6 nitrogen and oxygen atoms in total. The smallest absolute Gasteiger partial charge is 0.257 e. The van der Waals surface area contributed by atoms with Crippen LogP contribution in [0.5, 0.6) is 11.5 Å². The first-order chi connectivity index (χ1) is 16.5. The fourth-order valence-electron chi connectivity index (χ4n) is 3.92. The number of fused-ring (bicyclic) bond motifs is 1. The molecule has 0 aliphatic rings. The third kappa shape index (κ3) is 5.12. The van der Waals surface area contributed by atoms with Gasteiger partial charge in [0, 0.05) is 12.1 Å². The third-order valence-corrected chi connectivity index (χ3v) is 5.57. The summed E-state index contributed by atoms with van der Waals surface area (Å²) in [6.07, 6.45) is 0.709. The Hall–Kier alpha value is -4.06. The monoisotopic (exact) mass is 457 g/mol. The molecule has 6 heteroatoms. The van der Waals surface area contributed by atoms with Crippen LogP contribution in [-0.4, -0.2) is 26.2 Å². The van der Waals surface area contributed by atoms with E-state index in [1.54, 1.807) is 31.4 Å². The maximum Gasteiger partial charge on any atom is 0.257 e. The molecule has 174 valence electrons. The van der Waals surface area contributed by atoms with Crippen molar-refractivity contribution in [3.05, 3.63) is 93.6 Å². The van der Waals surface area contributed by atoms with Gasteiger partial charge in [0.2, 0.25) is 11.2 Å². The molecule has 0 atom stereocenters. The molecule has 0 aliphatic heterocycles. The Bertz CT molecular complexity index is 1360. The van der Waals surface area contributed by atoms with E-state index in [4.69, 9.17) is 13.9 Å². The fraction of sp³-hybridized carbons (Fsp3) is 0.214. The number of amides is 1. The Kier molecular flexibility index (Phi) is 6.97. The van der Waals surface area contributed by atoms with Gasteiger partial charge in [-0.05, 0) is 67.3 Å². The minimum Gasteiger partial charge on any atom is -0.497 e. The summed E-state index contributed by atoms with van der Waals surface area (Å²) < 4.78 is 17.2. The first-order valence-electron chi connectivity index (χ1n) is 11.1. The lowest BCUT2D eigenvalue weighted by molar-refractivity contribution is -0.123. The minimum atomic E-state index is -0.309. The molecule has 0 unspecified atom stereocenters. The van der Waals surface area contributed by atoms with Crippen molar-refractivity contribution in [1.29, 1.82) is 0 Å². The van der Waals surface area contributed by atoms with Crippen LogP contribution in [0.3, 0.4) is 0 Å². The van der Waals surface area contributed by atoms with Gasteiger partial charge >= 0.3 is 0 Å². The first-order valence-corrected chi connectivity index (χ1v) is 11.1. The zero-order valence-electron chi connectivity index (χ0n) is 19.5. The second-order valence-corrected chi connectivity index (χ2v) is 8.15. The summed E-state index contributed by atoms with van der Waals surface area (Å²) in [5, 5.41) is 3.28. The van der Waals surface area contributed by atoms with Gasteiger partial charge in [0.25, 0.3) is 5.91 Å². The molecule has 1 heterocycles. The van der Waals surface area contributed by atoms with Gasteiger partial charge in [-0.25, -0.2) is 0 Å². The van der Waals surface area contributed by atoms with E-state index in [9.17, 15) is 9.59 Å². The van der Waals surface area contributed by atoms with Gasteiger partial charge in [0.05, 0.1) is 12.5 Å². The van der Waals surface area contributed by atoms with Crippen LogP contribution in [0.1, 0.15) is 16.7 Å². The summed E-state index contributed by atoms with van der Waals surface area (Å²) in [5.41, 5.74) is 3.74. The van der Waals surface area contributed by atoms with Gasteiger partial charge in [-0.1, -0.05) is 36.4 Å². The Morgan fingerprint density at radius 2 is 1.74 bits per heavy atom. The number of hydrogen-bond acceptors (Lipinski definition) is 5. The van der Waals surface area contributed by atoms with Crippen molar-refractivity contribution in [2.75, 3.05) is 20.3 Å². The lowest BCUT2D eigenvalue weighted by Gasteiger charge is -2.13. The summed E-state index contributed by atoms with van der Waals surface area (Å²) in [7, 11) is 1.58. The van der Waals surface area contributed by atoms with Crippen molar-refractivity contribution in [3.8, 4) is 22.8 Å². The standard InChI is InChI=1S/C28H27NO5/c1-18-15-19(2)25-23(16-18)34-27(21-9-11-22(32-3)12-10-21)28(26(25)31)33-17-24(30)29-14-13-20-7-5-4-6-8-20/h4-12,15-16H,13-14,17H2,1-3H3,(H,29,30). The summed E-state index contributed by atoms with van der Waals surface area (Å²) in [4.78, 5) is 25.9. The molecule has 0 saturated heterocycles. The van der Waals surface area contributed by atoms with Gasteiger partial charge in [-0.2, -0.15) is 0 Å². The summed E-state index contributed by atoms with van der Waals surface area (Å²) in [5.74, 6) is 0.667. The number of methoxy groups -OCH3 is 1. The predicted octanol–water partition coefficient (Wildman–Crippen LogP) is 4.82. The molecule has 4 rings (SSSR count). The Balaban J connectivity index is 1.61. The van der Waals surface area contributed by atoms with E-state index in [2.05, 4.69) is 5.32 Å². The van der Waals surface area contributed by atoms with Gasteiger partial charge in [0.15, 0.2) is 12.4 Å². The maximum atomic E-state index is 13.4. The topological polar surface area (TPSA) is 77.8 Å². The molecule has 0 spiro atoms. The van der Waals surface area contributed by atoms with Gasteiger partial charge < -0.3 is 19.2 Å². The average Bonchev–Trinajstić information content (AvgIpc) is 2.83. The second kappa shape index (κ2) is 10.3. The molecule has 0 bridgehead atoms. The molecule has 3 aromatic carbocycles. The van der Waals surface area contributed by atoms with E-state index in [1.807, 2.05) is 56.3 Å². The number of hydrogen-bond donors (Lipinski definition) is 1. The Morgan fingerprint density at radius 1 is 1.00 bits per heavy atom. The van der Waals surface area contributed by atoms with Crippen molar-refractivity contribution < 1.29 is 18.7 Å². The summed E-state index contributed by atoms with van der Waals surface area (Å²) in [6, 6.07) is 20.8. The zero-order chi connectivity index (χ0) is 24.1. The van der Waals surface area contributed by atoms with Crippen LogP contribution in [-0.2, 0) is 11.2 Å². The van der Waals surface area contributed by atoms with Crippen LogP contribution < -0.4 is 20.2 Å². The molecule has 34 heavy (non-hydrogen) atoms. The fourth-order valence-corrected chi connectivity index (χ4v) is 3.92. The molecule has 1 aromatic heterocycles. The van der Waals surface area contributed by atoms with Gasteiger partial charge in [0.1, 0.15) is 11.3 Å². The molecule has 0 aliphatic carbocycles. The summed E-state index contributed by atoms with van der Waals surface area (Å²) >= 11 is 0. The Labute approximate surface area is 198 Å². The van der Waals surface area contributed by atoms with Crippen molar-refractivity contribution in [3.63, 3.8) is 0 Å². The number of nitrogens with one attached hydrogen (secondary N) is 1. The number of carbonyl (C=O) groups excluding carboxylic acids is 1. The first kappa shape index (κ1) is 23.1. The number of benzene rings is 3. The Morgan fingerprint density at radius 3 is 2.44 bits per heavy atom. The highest BCUT2D eigenvalue weighted by atomic mass is 16.5. The second-order valence-electron chi connectivity index (χ2n) is 8.15. The van der Waals surface area contributed by atoms with E-state index >= 15 is 0 Å². The average molecular weight is 458 g/mol. The van der Waals surface area contributed by atoms with E-state index in [0.29, 0.717) is 35.2 Å². The number of carbonyl (C=O) groups is 1. The molecular formula is C28H27NO5. The van der Waals surface area contributed by atoms with Gasteiger partial charge in [-0.15, -0.1) is 0 Å². The van der Waals surface area contributed by atoms with Gasteiger partial charge in [-0.3, -0.25) is 9.59 Å². The van der Waals surface area contributed by atoms with Crippen molar-refractivity contribution in [1.82, 2.24) is 5.32 Å². The number of aryl methyl sites for hydroxylation is 2. The van der Waals surface area contributed by atoms with E-state index in [0.717, 1.165) is 16.7 Å². The zero-order valence-corrected chi connectivity index (χ0v) is 19.5. The molecule has 0 saturated carbocycles. The number of rotatable bonds is 8. The molecule has 4 aromatic rings. The highest BCUT2D eigenvalue weighted by Gasteiger charge is 2.20. The van der Waals surface area contributed by atoms with E-state index in [-0.39, 0.29) is 29.5 Å². The minimum absolute atomic E-state index is 0.0165. The van der Waals surface area contributed by atoms with Crippen molar-refractivity contribution >= 4 is 16.9 Å². The largest absolute Gasteiger partial charge is 0.497 e. The molecule has 1 N–H and O–H groups in total. The predicted molar refractivity (Wildman–Crippen MR) is 133 cm³/mol. The maximum absolute atomic E-state index is 13.4. The number of ether oxygens (including phenoxy) is 2. The molecular weight excluding hydrogens is 430 g/mol. The lowest BCUT2D eigenvalue weighted by atomic mass is 10.0. The van der Waals surface area contributed by atoms with Crippen molar-refractivity contribution in [2.45, 2.75) is 20.3 Å². The van der Waals surface area contributed by atoms with Crippen LogP contribution in [0, 0.1) is 13.8 Å². The molecule has 0 radical (unpaired) electrons. The summed E-state index contributed by atoms with van der Waals surface area (Å²) in [6.45, 7) is 3.99. The third-order valence-electron chi connectivity index (χ3n) is 5.57. The molecule has 0 fully saturated rings. The van der Waals surface area contributed by atoms with E-state index in [1.165, 1.54) is 0 Å². The highest BCUT2D eigenvalue weighted by Crippen LogP contribution is 2.33. The van der Waals surface area contributed by atoms with Crippen molar-refractivity contribution in [2.24, 2.45) is 0 Å². The lowest BCUT2D eigenvalue weighted by Crippen LogP contribution is -2.31. The van der Waals surface area contributed by atoms with Crippen LogP contribution in [0.25, 0.3) is 22.3 Å². The van der Waals surface area contributed by atoms with E-state index < -0.39 is 0 Å². The SMILES string of the molecule is COc1ccc(-c2oc3cc(C)cc(C)c3c(=O)c2OCC(=O)NCCc2ccccc2)cc1. The normalized spacial score (nSPS) is 10.8.